The summed E-state index contributed by atoms with van der Waals surface area (Å²) < 4.78 is 27.2. The summed E-state index contributed by atoms with van der Waals surface area (Å²) >= 11 is 0. The average Bonchev–Trinajstić information content (AvgIpc) is 2.35. The summed E-state index contributed by atoms with van der Waals surface area (Å²) in [5.41, 5.74) is -1.78. The zero-order valence-corrected chi connectivity index (χ0v) is 11.6. The minimum atomic E-state index is -1.12. The molecule has 1 aromatic carbocycles. The van der Waals surface area contributed by atoms with Crippen LogP contribution < -0.4 is 5.32 Å². The molecule has 1 N–H and O–H groups in total. The molecule has 0 unspecified atom stereocenters. The number of halogens is 2. The van der Waals surface area contributed by atoms with Gasteiger partial charge in [-0.15, -0.1) is 0 Å². The van der Waals surface area contributed by atoms with E-state index in [0.717, 1.165) is 18.2 Å². The SMILES string of the molecule is CC1(C)C(=O)NC(=O)CN1CC(=O)c1c(F)cccc1F. The second-order valence-electron chi connectivity index (χ2n) is 5.31. The van der Waals surface area contributed by atoms with Gasteiger partial charge < -0.3 is 0 Å². The Bertz CT molecular complexity index is 608. The summed E-state index contributed by atoms with van der Waals surface area (Å²) in [6, 6.07) is 3.12. The molecule has 0 aliphatic carbocycles. The van der Waals surface area contributed by atoms with Crippen molar-refractivity contribution in [2.24, 2.45) is 0 Å². The predicted molar refractivity (Wildman–Crippen MR) is 69.5 cm³/mol. The minimum Gasteiger partial charge on any atom is -0.294 e. The van der Waals surface area contributed by atoms with Crippen molar-refractivity contribution in [3.63, 3.8) is 0 Å². The van der Waals surface area contributed by atoms with E-state index in [1.165, 1.54) is 18.7 Å². The van der Waals surface area contributed by atoms with E-state index in [1.54, 1.807) is 0 Å². The molecule has 112 valence electrons. The topological polar surface area (TPSA) is 66.5 Å². The van der Waals surface area contributed by atoms with Crippen molar-refractivity contribution in [2.45, 2.75) is 19.4 Å². The van der Waals surface area contributed by atoms with Gasteiger partial charge in [-0.1, -0.05) is 6.07 Å². The van der Waals surface area contributed by atoms with E-state index in [1.807, 2.05) is 0 Å². The van der Waals surface area contributed by atoms with Gasteiger partial charge in [0.15, 0.2) is 5.78 Å². The Labute approximate surface area is 119 Å². The summed E-state index contributed by atoms with van der Waals surface area (Å²) in [5, 5.41) is 2.16. The van der Waals surface area contributed by atoms with Crippen LogP contribution in [0.2, 0.25) is 0 Å². The van der Waals surface area contributed by atoms with E-state index in [4.69, 9.17) is 0 Å². The number of carbonyl (C=O) groups is 3. The quantitative estimate of drug-likeness (QED) is 0.664. The van der Waals surface area contributed by atoms with Gasteiger partial charge in [-0.25, -0.2) is 8.78 Å². The molecule has 0 saturated carbocycles. The van der Waals surface area contributed by atoms with Crippen LogP contribution in [0.15, 0.2) is 18.2 Å². The maximum Gasteiger partial charge on any atom is 0.246 e. The van der Waals surface area contributed by atoms with Gasteiger partial charge in [-0.3, -0.25) is 24.6 Å². The molecule has 0 spiro atoms. The largest absolute Gasteiger partial charge is 0.294 e. The second kappa shape index (κ2) is 5.33. The van der Waals surface area contributed by atoms with Gasteiger partial charge in [-0.05, 0) is 26.0 Å². The zero-order valence-electron chi connectivity index (χ0n) is 11.6. The lowest BCUT2D eigenvalue weighted by atomic mass is 9.97. The average molecular weight is 296 g/mol. The number of amides is 2. The van der Waals surface area contributed by atoms with Crippen LogP contribution in [-0.2, 0) is 9.59 Å². The van der Waals surface area contributed by atoms with Crippen LogP contribution in [0.5, 0.6) is 0 Å². The first-order valence-electron chi connectivity index (χ1n) is 6.30. The van der Waals surface area contributed by atoms with Crippen molar-refractivity contribution in [3.8, 4) is 0 Å². The molecule has 0 atom stereocenters. The number of ketones is 1. The fraction of sp³-hybridized carbons (Fsp3) is 0.357. The van der Waals surface area contributed by atoms with Gasteiger partial charge in [0.1, 0.15) is 11.6 Å². The molecule has 1 aliphatic heterocycles. The Hall–Kier alpha value is -2.15. The number of nitrogens with zero attached hydrogens (tertiary/aromatic N) is 1. The van der Waals surface area contributed by atoms with E-state index < -0.39 is 46.9 Å². The lowest BCUT2D eigenvalue weighted by Gasteiger charge is -2.39. The standard InChI is InChI=1S/C14H14F2N2O3/c1-14(2)13(21)17-11(20)7-18(14)6-10(19)12-8(15)4-3-5-9(12)16/h3-5H,6-7H2,1-2H3,(H,17,20,21). The first-order valence-corrected chi connectivity index (χ1v) is 6.30. The third-order valence-corrected chi connectivity index (χ3v) is 3.51. The number of nitrogens with one attached hydrogen (secondary N) is 1. The summed E-state index contributed by atoms with van der Waals surface area (Å²) in [6.45, 7) is 2.43. The molecule has 1 fully saturated rings. The number of hydrogen-bond donors (Lipinski definition) is 1. The number of Topliss-reactive ketones (excluding diaryl/α,β-unsaturated/α-hetero) is 1. The van der Waals surface area contributed by atoms with Crippen molar-refractivity contribution in [2.75, 3.05) is 13.1 Å². The summed E-state index contributed by atoms with van der Waals surface area (Å²) in [7, 11) is 0. The summed E-state index contributed by atoms with van der Waals surface area (Å²) in [6.07, 6.45) is 0. The zero-order chi connectivity index (χ0) is 15.8. The number of hydrogen-bond acceptors (Lipinski definition) is 4. The second-order valence-corrected chi connectivity index (χ2v) is 5.31. The van der Waals surface area contributed by atoms with Gasteiger partial charge in [0.25, 0.3) is 0 Å². The number of carbonyl (C=O) groups excluding carboxylic acids is 3. The first kappa shape index (κ1) is 15.2. The van der Waals surface area contributed by atoms with Crippen LogP contribution in [0.1, 0.15) is 24.2 Å². The smallest absolute Gasteiger partial charge is 0.246 e. The molecular weight excluding hydrogens is 282 g/mol. The highest BCUT2D eigenvalue weighted by molar-refractivity contribution is 6.04. The monoisotopic (exact) mass is 296 g/mol. The fourth-order valence-corrected chi connectivity index (χ4v) is 2.10. The Morgan fingerprint density at radius 2 is 1.86 bits per heavy atom. The lowest BCUT2D eigenvalue weighted by Crippen LogP contribution is -2.64. The van der Waals surface area contributed by atoms with Gasteiger partial charge in [0.05, 0.1) is 24.2 Å². The van der Waals surface area contributed by atoms with Crippen LogP contribution in [0, 0.1) is 11.6 Å². The molecule has 0 radical (unpaired) electrons. The molecule has 1 saturated heterocycles. The highest BCUT2D eigenvalue weighted by atomic mass is 19.1. The molecular formula is C14H14F2N2O3. The molecule has 1 aliphatic rings. The molecule has 0 bridgehead atoms. The van der Waals surface area contributed by atoms with Crippen LogP contribution in [-0.4, -0.2) is 41.1 Å². The van der Waals surface area contributed by atoms with Gasteiger partial charge in [0, 0.05) is 0 Å². The van der Waals surface area contributed by atoms with E-state index in [0.29, 0.717) is 0 Å². The number of imide groups is 1. The molecule has 21 heavy (non-hydrogen) atoms. The maximum atomic E-state index is 13.6. The number of piperazine rings is 1. The van der Waals surface area contributed by atoms with Crippen molar-refractivity contribution in [1.29, 1.82) is 0 Å². The molecule has 7 heteroatoms. The Balaban J connectivity index is 2.26. The summed E-state index contributed by atoms with van der Waals surface area (Å²) in [5.74, 6) is -3.86. The van der Waals surface area contributed by atoms with Gasteiger partial charge >= 0.3 is 0 Å². The van der Waals surface area contributed by atoms with Crippen LogP contribution in [0.25, 0.3) is 0 Å². The van der Waals surface area contributed by atoms with E-state index in [-0.39, 0.29) is 6.54 Å². The molecule has 5 nitrogen and oxygen atoms in total. The maximum absolute atomic E-state index is 13.6. The first-order chi connectivity index (χ1) is 9.73. The fourth-order valence-electron chi connectivity index (χ4n) is 2.10. The highest BCUT2D eigenvalue weighted by Gasteiger charge is 2.41. The van der Waals surface area contributed by atoms with Crippen molar-refractivity contribution in [3.05, 3.63) is 35.4 Å². The molecule has 1 aromatic rings. The Morgan fingerprint density at radius 1 is 1.29 bits per heavy atom. The Kier molecular flexibility index (Phi) is 3.87. The molecule has 2 amide bonds. The van der Waals surface area contributed by atoms with Crippen LogP contribution >= 0.6 is 0 Å². The van der Waals surface area contributed by atoms with E-state index in [2.05, 4.69) is 5.32 Å². The summed E-state index contributed by atoms with van der Waals surface area (Å²) in [4.78, 5) is 36.5. The predicted octanol–water partition coefficient (Wildman–Crippen LogP) is 0.884. The van der Waals surface area contributed by atoms with Gasteiger partial charge in [0.2, 0.25) is 11.8 Å². The molecule has 2 rings (SSSR count). The Morgan fingerprint density at radius 3 is 2.43 bits per heavy atom. The number of rotatable bonds is 3. The lowest BCUT2D eigenvalue weighted by molar-refractivity contribution is -0.144. The van der Waals surface area contributed by atoms with Crippen molar-refractivity contribution < 1.29 is 23.2 Å². The highest BCUT2D eigenvalue weighted by Crippen LogP contribution is 2.20. The molecule has 1 heterocycles. The van der Waals surface area contributed by atoms with E-state index in [9.17, 15) is 23.2 Å². The third kappa shape index (κ3) is 2.82. The van der Waals surface area contributed by atoms with Crippen LogP contribution in [0.4, 0.5) is 8.78 Å². The van der Waals surface area contributed by atoms with Crippen LogP contribution in [0.3, 0.4) is 0 Å². The normalized spacial score (nSPS) is 18.5. The molecule has 0 aromatic heterocycles. The third-order valence-electron chi connectivity index (χ3n) is 3.51. The van der Waals surface area contributed by atoms with Gasteiger partial charge in [-0.2, -0.15) is 0 Å². The number of benzene rings is 1. The minimum absolute atomic E-state index is 0.194. The van der Waals surface area contributed by atoms with E-state index >= 15 is 0 Å². The van der Waals surface area contributed by atoms with Crippen molar-refractivity contribution >= 4 is 17.6 Å². The van der Waals surface area contributed by atoms with Crippen molar-refractivity contribution in [1.82, 2.24) is 10.2 Å².